The van der Waals surface area contributed by atoms with Gasteiger partial charge in [-0.05, 0) is 39.0 Å². The number of anilines is 1. The average molecular weight is 353 g/mol. The molecule has 3 aromatic rings. The second-order valence-electron chi connectivity index (χ2n) is 6.11. The molecule has 0 aromatic carbocycles. The van der Waals surface area contributed by atoms with Crippen molar-refractivity contribution in [3.63, 3.8) is 0 Å². The fourth-order valence-corrected chi connectivity index (χ4v) is 2.58. The molecule has 134 valence electrons. The van der Waals surface area contributed by atoms with Gasteiger partial charge in [-0.2, -0.15) is 0 Å². The van der Waals surface area contributed by atoms with Crippen LogP contribution in [-0.2, 0) is 0 Å². The quantitative estimate of drug-likeness (QED) is 0.748. The van der Waals surface area contributed by atoms with Crippen molar-refractivity contribution in [3.8, 4) is 22.6 Å². The molecule has 8 nitrogen and oxygen atoms in total. The first-order valence-electron chi connectivity index (χ1n) is 8.08. The predicted molar refractivity (Wildman–Crippen MR) is 97.8 cm³/mol. The van der Waals surface area contributed by atoms with Crippen molar-refractivity contribution in [1.29, 1.82) is 0 Å². The molecule has 0 radical (unpaired) electrons. The van der Waals surface area contributed by atoms with Crippen molar-refractivity contribution in [2.75, 3.05) is 5.32 Å². The molecule has 0 atom stereocenters. The SMILES string of the molecule is Cc1ccc(-c2nc(NC(N)=O)ncc2-c2ccc(=O)n(C(C)C)c2)o1. The second-order valence-corrected chi connectivity index (χ2v) is 6.11. The highest BCUT2D eigenvalue weighted by Gasteiger charge is 2.16. The van der Waals surface area contributed by atoms with E-state index in [-0.39, 0.29) is 17.5 Å². The third kappa shape index (κ3) is 3.49. The van der Waals surface area contributed by atoms with E-state index in [9.17, 15) is 9.59 Å². The number of carbonyl (C=O) groups is 1. The normalized spacial score (nSPS) is 10.9. The van der Waals surface area contributed by atoms with Crippen LogP contribution in [0.4, 0.5) is 10.7 Å². The lowest BCUT2D eigenvalue weighted by Crippen LogP contribution is -2.21. The van der Waals surface area contributed by atoms with Gasteiger partial charge in [0.2, 0.25) is 5.95 Å². The highest BCUT2D eigenvalue weighted by Crippen LogP contribution is 2.31. The minimum atomic E-state index is -0.757. The molecule has 0 fully saturated rings. The maximum atomic E-state index is 12.0. The molecular weight excluding hydrogens is 334 g/mol. The number of hydrogen-bond acceptors (Lipinski definition) is 5. The lowest BCUT2D eigenvalue weighted by atomic mass is 10.1. The fourth-order valence-electron chi connectivity index (χ4n) is 2.58. The van der Waals surface area contributed by atoms with E-state index in [1.54, 1.807) is 29.1 Å². The Morgan fingerprint density at radius 1 is 1.27 bits per heavy atom. The van der Waals surface area contributed by atoms with E-state index in [2.05, 4.69) is 15.3 Å². The van der Waals surface area contributed by atoms with Crippen LogP contribution in [0.2, 0.25) is 0 Å². The molecule has 2 amide bonds. The summed E-state index contributed by atoms with van der Waals surface area (Å²) in [5.74, 6) is 1.32. The molecule has 3 heterocycles. The Labute approximate surface area is 149 Å². The van der Waals surface area contributed by atoms with Crippen LogP contribution in [0, 0.1) is 6.92 Å². The summed E-state index contributed by atoms with van der Waals surface area (Å²) < 4.78 is 7.32. The van der Waals surface area contributed by atoms with Crippen LogP contribution in [-0.4, -0.2) is 20.6 Å². The summed E-state index contributed by atoms with van der Waals surface area (Å²) in [6.45, 7) is 5.68. The largest absolute Gasteiger partial charge is 0.460 e. The summed E-state index contributed by atoms with van der Waals surface area (Å²) in [5.41, 5.74) is 6.97. The standard InChI is InChI=1S/C18H19N5O3/c1-10(2)23-9-12(5-7-15(23)24)13-8-20-18(22-17(19)25)21-16(13)14-6-4-11(3)26-14/h4-10H,1-3H3,(H3,19,20,21,22,25). The molecule has 0 aliphatic carbocycles. The van der Waals surface area contributed by atoms with E-state index in [0.717, 1.165) is 11.3 Å². The predicted octanol–water partition coefficient (Wildman–Crippen LogP) is 2.95. The van der Waals surface area contributed by atoms with Gasteiger partial charge in [0.25, 0.3) is 5.56 Å². The van der Waals surface area contributed by atoms with Gasteiger partial charge in [-0.15, -0.1) is 0 Å². The molecule has 26 heavy (non-hydrogen) atoms. The molecule has 0 saturated carbocycles. The van der Waals surface area contributed by atoms with E-state index >= 15 is 0 Å². The highest BCUT2D eigenvalue weighted by molar-refractivity contribution is 5.87. The molecule has 3 rings (SSSR count). The molecular formula is C18H19N5O3. The number of urea groups is 1. The van der Waals surface area contributed by atoms with Crippen LogP contribution in [0.3, 0.4) is 0 Å². The van der Waals surface area contributed by atoms with Gasteiger partial charge in [-0.3, -0.25) is 10.1 Å². The number of primary amides is 1. The Kier molecular flexibility index (Phi) is 4.57. The number of nitrogens with zero attached hydrogens (tertiary/aromatic N) is 3. The zero-order valence-corrected chi connectivity index (χ0v) is 14.7. The zero-order chi connectivity index (χ0) is 18.8. The highest BCUT2D eigenvalue weighted by atomic mass is 16.3. The summed E-state index contributed by atoms with van der Waals surface area (Å²) >= 11 is 0. The summed E-state index contributed by atoms with van der Waals surface area (Å²) in [5, 5.41) is 2.36. The maximum absolute atomic E-state index is 12.0. The number of pyridine rings is 1. The number of amides is 2. The third-order valence-corrected chi connectivity index (χ3v) is 3.80. The van der Waals surface area contributed by atoms with Crippen molar-refractivity contribution in [3.05, 3.63) is 52.8 Å². The number of nitrogens with two attached hydrogens (primary N) is 1. The molecule has 0 saturated heterocycles. The number of nitrogens with one attached hydrogen (secondary N) is 1. The van der Waals surface area contributed by atoms with Crippen LogP contribution in [0.25, 0.3) is 22.6 Å². The summed E-state index contributed by atoms with van der Waals surface area (Å²) in [6, 6.07) is 6.06. The Balaban J connectivity index is 2.19. The lowest BCUT2D eigenvalue weighted by molar-refractivity contribution is 0.259. The topological polar surface area (TPSA) is 116 Å². The van der Waals surface area contributed by atoms with Crippen LogP contribution in [0.15, 0.2) is 45.9 Å². The van der Waals surface area contributed by atoms with Gasteiger partial charge >= 0.3 is 6.03 Å². The van der Waals surface area contributed by atoms with Crippen molar-refractivity contribution < 1.29 is 9.21 Å². The average Bonchev–Trinajstić information content (AvgIpc) is 3.01. The molecule has 0 bridgehead atoms. The van der Waals surface area contributed by atoms with E-state index in [0.29, 0.717) is 17.0 Å². The van der Waals surface area contributed by atoms with E-state index < -0.39 is 6.03 Å². The van der Waals surface area contributed by atoms with Crippen molar-refractivity contribution >= 4 is 12.0 Å². The number of aryl methyl sites for hydroxylation is 1. The molecule has 0 unspecified atom stereocenters. The van der Waals surface area contributed by atoms with Crippen LogP contribution in [0.1, 0.15) is 25.6 Å². The maximum Gasteiger partial charge on any atom is 0.319 e. The zero-order valence-electron chi connectivity index (χ0n) is 14.7. The summed E-state index contributed by atoms with van der Waals surface area (Å²) in [6.07, 6.45) is 3.32. The molecule has 0 aliphatic rings. The molecule has 3 aromatic heterocycles. The summed E-state index contributed by atoms with van der Waals surface area (Å²) in [7, 11) is 0. The van der Waals surface area contributed by atoms with Gasteiger partial charge in [-0.25, -0.2) is 14.8 Å². The van der Waals surface area contributed by atoms with E-state index in [1.807, 2.05) is 26.8 Å². The van der Waals surface area contributed by atoms with Gasteiger partial charge in [0.1, 0.15) is 11.5 Å². The van der Waals surface area contributed by atoms with Crippen LogP contribution < -0.4 is 16.6 Å². The molecule has 8 heteroatoms. The van der Waals surface area contributed by atoms with E-state index in [1.165, 1.54) is 6.07 Å². The second kappa shape index (κ2) is 6.83. The number of hydrogen-bond donors (Lipinski definition) is 2. The Bertz CT molecular complexity index is 1020. The minimum absolute atomic E-state index is 0.00785. The van der Waals surface area contributed by atoms with Gasteiger partial charge in [0.15, 0.2) is 5.76 Å². The van der Waals surface area contributed by atoms with Crippen LogP contribution >= 0.6 is 0 Å². The number of rotatable bonds is 4. The van der Waals surface area contributed by atoms with Gasteiger partial charge in [0, 0.05) is 35.6 Å². The Morgan fingerprint density at radius 3 is 2.65 bits per heavy atom. The Morgan fingerprint density at radius 2 is 2.04 bits per heavy atom. The fraction of sp³-hybridized carbons (Fsp3) is 0.222. The van der Waals surface area contributed by atoms with Crippen molar-refractivity contribution in [2.24, 2.45) is 5.73 Å². The minimum Gasteiger partial charge on any atom is -0.460 e. The van der Waals surface area contributed by atoms with Crippen LogP contribution in [0.5, 0.6) is 0 Å². The first-order valence-corrected chi connectivity index (χ1v) is 8.08. The smallest absolute Gasteiger partial charge is 0.319 e. The monoisotopic (exact) mass is 353 g/mol. The third-order valence-electron chi connectivity index (χ3n) is 3.80. The first-order chi connectivity index (χ1) is 12.3. The molecule has 3 N–H and O–H groups in total. The number of carbonyl (C=O) groups excluding carboxylic acids is 1. The number of furan rings is 1. The van der Waals surface area contributed by atoms with E-state index in [4.69, 9.17) is 10.2 Å². The van der Waals surface area contributed by atoms with Gasteiger partial charge < -0.3 is 14.7 Å². The van der Waals surface area contributed by atoms with Gasteiger partial charge in [0.05, 0.1) is 0 Å². The summed E-state index contributed by atoms with van der Waals surface area (Å²) in [4.78, 5) is 31.6. The van der Waals surface area contributed by atoms with Crippen molar-refractivity contribution in [2.45, 2.75) is 26.8 Å². The lowest BCUT2D eigenvalue weighted by Gasteiger charge is -2.13. The van der Waals surface area contributed by atoms with Gasteiger partial charge in [-0.1, -0.05) is 0 Å². The first kappa shape index (κ1) is 17.4. The molecule has 0 aliphatic heterocycles. The Hall–Kier alpha value is -3.42. The van der Waals surface area contributed by atoms with Crippen molar-refractivity contribution in [1.82, 2.24) is 14.5 Å². The number of aromatic nitrogens is 3. The molecule has 0 spiro atoms.